The summed E-state index contributed by atoms with van der Waals surface area (Å²) in [6.07, 6.45) is 0.950. The average Bonchev–Trinajstić information content (AvgIpc) is 2.35. The van der Waals surface area contributed by atoms with E-state index in [1.807, 2.05) is 26.0 Å². The van der Waals surface area contributed by atoms with Gasteiger partial charge in [0.1, 0.15) is 0 Å². The molecule has 0 radical (unpaired) electrons. The molecule has 0 heterocycles. The molecular formula is C15H24N2OS. The second-order valence-corrected chi connectivity index (χ2v) is 6.07. The van der Waals surface area contributed by atoms with Gasteiger partial charge in [-0.05, 0) is 44.1 Å². The smallest absolute Gasteiger partial charge is 0.230 e. The molecule has 3 nitrogen and oxygen atoms in total. The van der Waals surface area contributed by atoms with E-state index in [1.54, 1.807) is 11.8 Å². The number of nitrogens with one attached hydrogen (secondary N) is 1. The molecule has 2 unspecified atom stereocenters. The monoisotopic (exact) mass is 280 g/mol. The minimum absolute atomic E-state index is 0.0581. The molecule has 0 aliphatic rings. The Morgan fingerprint density at radius 3 is 2.68 bits per heavy atom. The van der Waals surface area contributed by atoms with Crippen molar-refractivity contribution in [2.45, 2.75) is 39.3 Å². The van der Waals surface area contributed by atoms with Crippen LogP contribution in [-0.4, -0.2) is 23.5 Å². The number of aryl methyl sites for hydroxylation is 1. The second kappa shape index (κ2) is 8.23. The number of thioether (sulfide) groups is 1. The fourth-order valence-electron chi connectivity index (χ4n) is 1.87. The quantitative estimate of drug-likeness (QED) is 0.755. The van der Waals surface area contributed by atoms with E-state index in [4.69, 9.17) is 5.73 Å². The number of benzene rings is 1. The molecule has 1 aromatic rings. The van der Waals surface area contributed by atoms with Crippen LogP contribution in [0.5, 0.6) is 0 Å². The molecule has 0 saturated carbocycles. The van der Waals surface area contributed by atoms with Gasteiger partial charge in [-0.3, -0.25) is 4.79 Å². The lowest BCUT2D eigenvalue weighted by molar-refractivity contribution is -0.119. The molecule has 0 fully saturated rings. The first-order valence-corrected chi connectivity index (χ1v) is 7.84. The SMILES string of the molecule is Cc1ccccc1C(C)NC(=O)CSCCC(C)N. The zero-order valence-corrected chi connectivity index (χ0v) is 12.8. The van der Waals surface area contributed by atoms with Gasteiger partial charge in [-0.1, -0.05) is 24.3 Å². The van der Waals surface area contributed by atoms with Crippen LogP contribution in [0.4, 0.5) is 0 Å². The number of amides is 1. The van der Waals surface area contributed by atoms with E-state index < -0.39 is 0 Å². The van der Waals surface area contributed by atoms with Crippen molar-refractivity contribution in [2.75, 3.05) is 11.5 Å². The molecule has 0 aliphatic heterocycles. The first kappa shape index (κ1) is 16.1. The van der Waals surface area contributed by atoms with Crippen LogP contribution in [0.3, 0.4) is 0 Å². The lowest BCUT2D eigenvalue weighted by Crippen LogP contribution is -2.28. The number of rotatable bonds is 7. The Hall–Kier alpha value is -1.000. The normalized spacial score (nSPS) is 13.9. The van der Waals surface area contributed by atoms with Crippen molar-refractivity contribution in [3.8, 4) is 0 Å². The highest BCUT2D eigenvalue weighted by molar-refractivity contribution is 7.99. The molecule has 1 rings (SSSR count). The Morgan fingerprint density at radius 2 is 2.05 bits per heavy atom. The van der Waals surface area contributed by atoms with Gasteiger partial charge in [0.2, 0.25) is 5.91 Å². The highest BCUT2D eigenvalue weighted by Gasteiger charge is 2.11. The Labute approximate surface area is 120 Å². The molecule has 0 spiro atoms. The predicted octanol–water partition coefficient (Wildman–Crippen LogP) is 2.64. The van der Waals surface area contributed by atoms with Gasteiger partial charge in [-0.2, -0.15) is 11.8 Å². The second-order valence-electron chi connectivity index (χ2n) is 4.96. The number of carbonyl (C=O) groups excluding carboxylic acids is 1. The van der Waals surface area contributed by atoms with Crippen LogP contribution in [-0.2, 0) is 4.79 Å². The molecule has 0 bridgehead atoms. The van der Waals surface area contributed by atoms with E-state index in [-0.39, 0.29) is 18.0 Å². The number of carbonyl (C=O) groups is 1. The summed E-state index contributed by atoms with van der Waals surface area (Å²) in [7, 11) is 0. The van der Waals surface area contributed by atoms with E-state index in [9.17, 15) is 4.79 Å². The van der Waals surface area contributed by atoms with Gasteiger partial charge in [0.25, 0.3) is 0 Å². The van der Waals surface area contributed by atoms with E-state index >= 15 is 0 Å². The van der Waals surface area contributed by atoms with Crippen LogP contribution in [0.15, 0.2) is 24.3 Å². The fraction of sp³-hybridized carbons (Fsp3) is 0.533. The van der Waals surface area contributed by atoms with Crippen molar-refractivity contribution >= 4 is 17.7 Å². The first-order chi connectivity index (χ1) is 9.00. The van der Waals surface area contributed by atoms with Crippen LogP contribution in [0.25, 0.3) is 0 Å². The minimum Gasteiger partial charge on any atom is -0.349 e. The van der Waals surface area contributed by atoms with Gasteiger partial charge in [-0.25, -0.2) is 0 Å². The van der Waals surface area contributed by atoms with Gasteiger partial charge in [0, 0.05) is 6.04 Å². The standard InChI is InChI=1S/C15H24N2OS/c1-11-6-4-5-7-14(11)13(3)17-15(18)10-19-9-8-12(2)16/h4-7,12-13H,8-10,16H2,1-3H3,(H,17,18). The van der Waals surface area contributed by atoms with Crippen molar-refractivity contribution in [1.29, 1.82) is 0 Å². The molecule has 0 aromatic heterocycles. The number of hydrogen-bond acceptors (Lipinski definition) is 3. The van der Waals surface area contributed by atoms with E-state index in [1.165, 1.54) is 11.1 Å². The summed E-state index contributed by atoms with van der Waals surface area (Å²) >= 11 is 1.64. The highest BCUT2D eigenvalue weighted by atomic mass is 32.2. The zero-order valence-electron chi connectivity index (χ0n) is 12.0. The maximum atomic E-state index is 11.8. The summed E-state index contributed by atoms with van der Waals surface area (Å²) in [5, 5.41) is 3.03. The average molecular weight is 280 g/mol. The van der Waals surface area contributed by atoms with Crippen molar-refractivity contribution in [1.82, 2.24) is 5.32 Å². The maximum Gasteiger partial charge on any atom is 0.230 e. The lowest BCUT2D eigenvalue weighted by atomic mass is 10.0. The Balaban J connectivity index is 2.34. The minimum atomic E-state index is 0.0581. The van der Waals surface area contributed by atoms with E-state index in [0.717, 1.165) is 12.2 Å². The van der Waals surface area contributed by atoms with Crippen LogP contribution in [0.1, 0.15) is 37.4 Å². The molecule has 0 saturated heterocycles. The van der Waals surface area contributed by atoms with Crippen molar-refractivity contribution in [2.24, 2.45) is 5.73 Å². The Kier molecular flexibility index (Phi) is 6.95. The number of nitrogens with two attached hydrogens (primary N) is 1. The predicted molar refractivity (Wildman–Crippen MR) is 83.3 cm³/mol. The van der Waals surface area contributed by atoms with Gasteiger partial charge < -0.3 is 11.1 Å². The van der Waals surface area contributed by atoms with Crippen LogP contribution in [0, 0.1) is 6.92 Å². The maximum absolute atomic E-state index is 11.8. The summed E-state index contributed by atoms with van der Waals surface area (Å²) in [5.41, 5.74) is 8.05. The molecule has 19 heavy (non-hydrogen) atoms. The van der Waals surface area contributed by atoms with E-state index in [2.05, 4.69) is 24.4 Å². The van der Waals surface area contributed by atoms with Gasteiger partial charge in [0.15, 0.2) is 0 Å². The molecular weight excluding hydrogens is 256 g/mol. The third kappa shape index (κ3) is 6.12. The fourth-order valence-corrected chi connectivity index (χ4v) is 2.82. The summed E-state index contributed by atoms with van der Waals surface area (Å²) in [6, 6.07) is 8.41. The topological polar surface area (TPSA) is 55.1 Å². The third-order valence-electron chi connectivity index (χ3n) is 2.98. The molecule has 2 atom stereocenters. The molecule has 106 valence electrons. The molecule has 1 aromatic carbocycles. The van der Waals surface area contributed by atoms with Crippen LogP contribution in [0.2, 0.25) is 0 Å². The summed E-state index contributed by atoms with van der Waals surface area (Å²) in [5.74, 6) is 1.53. The summed E-state index contributed by atoms with van der Waals surface area (Å²) in [4.78, 5) is 11.8. The van der Waals surface area contributed by atoms with Crippen LogP contribution < -0.4 is 11.1 Å². The molecule has 4 heteroatoms. The van der Waals surface area contributed by atoms with E-state index in [0.29, 0.717) is 5.75 Å². The lowest BCUT2D eigenvalue weighted by Gasteiger charge is -2.16. The van der Waals surface area contributed by atoms with Crippen molar-refractivity contribution in [3.63, 3.8) is 0 Å². The number of hydrogen-bond donors (Lipinski definition) is 2. The molecule has 0 aliphatic carbocycles. The molecule has 1 amide bonds. The summed E-state index contributed by atoms with van der Waals surface area (Å²) < 4.78 is 0. The third-order valence-corrected chi connectivity index (χ3v) is 3.97. The molecule has 3 N–H and O–H groups in total. The first-order valence-electron chi connectivity index (χ1n) is 6.69. The largest absolute Gasteiger partial charge is 0.349 e. The summed E-state index contributed by atoms with van der Waals surface area (Å²) in [6.45, 7) is 6.07. The van der Waals surface area contributed by atoms with Crippen molar-refractivity contribution < 1.29 is 4.79 Å². The Morgan fingerprint density at radius 1 is 1.37 bits per heavy atom. The van der Waals surface area contributed by atoms with Gasteiger partial charge >= 0.3 is 0 Å². The zero-order chi connectivity index (χ0) is 14.3. The van der Waals surface area contributed by atoms with Gasteiger partial charge in [-0.15, -0.1) is 0 Å². The van der Waals surface area contributed by atoms with Crippen molar-refractivity contribution in [3.05, 3.63) is 35.4 Å². The highest BCUT2D eigenvalue weighted by Crippen LogP contribution is 2.16. The Bertz CT molecular complexity index is 407. The van der Waals surface area contributed by atoms with Gasteiger partial charge in [0.05, 0.1) is 11.8 Å². The van der Waals surface area contributed by atoms with Crippen LogP contribution >= 0.6 is 11.8 Å².